The van der Waals surface area contributed by atoms with Crippen molar-refractivity contribution < 1.29 is 5.11 Å². The van der Waals surface area contributed by atoms with E-state index in [0.29, 0.717) is 0 Å². The van der Waals surface area contributed by atoms with Crippen LogP contribution in [-0.4, -0.2) is 34.7 Å². The van der Waals surface area contributed by atoms with Crippen LogP contribution in [0.4, 0.5) is 0 Å². The summed E-state index contributed by atoms with van der Waals surface area (Å²) < 4.78 is 0. The van der Waals surface area contributed by atoms with Crippen LogP contribution < -0.4 is 0 Å². The standard InChI is InChI=1S/C16H23NO/c1-13(11-14-7-5-4-6-8-14)12-17-10-9-15(18)16(17,2)3/h4-8,11,15,18H,9-10,12H2,1-3H3/b13-11+. The van der Waals surface area contributed by atoms with Crippen molar-refractivity contribution in [2.75, 3.05) is 13.1 Å². The molecule has 2 rings (SSSR count). The molecule has 0 saturated carbocycles. The first-order valence-electron chi connectivity index (χ1n) is 6.65. The maximum absolute atomic E-state index is 9.97. The molecular formula is C16H23NO. The van der Waals surface area contributed by atoms with Gasteiger partial charge in [0.05, 0.1) is 6.10 Å². The average Bonchev–Trinajstić information content (AvgIpc) is 2.57. The van der Waals surface area contributed by atoms with Gasteiger partial charge in [0.2, 0.25) is 0 Å². The summed E-state index contributed by atoms with van der Waals surface area (Å²) >= 11 is 0. The fraction of sp³-hybridized carbons (Fsp3) is 0.500. The van der Waals surface area contributed by atoms with Crippen molar-refractivity contribution in [2.24, 2.45) is 0 Å². The summed E-state index contributed by atoms with van der Waals surface area (Å²) in [5.41, 5.74) is 2.47. The maximum Gasteiger partial charge on any atom is 0.0730 e. The molecule has 0 aliphatic carbocycles. The summed E-state index contributed by atoms with van der Waals surface area (Å²) in [6, 6.07) is 10.4. The quantitative estimate of drug-likeness (QED) is 0.885. The van der Waals surface area contributed by atoms with E-state index in [1.807, 2.05) is 6.07 Å². The van der Waals surface area contributed by atoms with Gasteiger partial charge in [0.25, 0.3) is 0 Å². The normalized spacial score (nSPS) is 24.4. The third-order valence-electron chi connectivity index (χ3n) is 3.96. The van der Waals surface area contributed by atoms with Crippen molar-refractivity contribution in [3.05, 3.63) is 41.5 Å². The van der Waals surface area contributed by atoms with E-state index >= 15 is 0 Å². The molecule has 2 nitrogen and oxygen atoms in total. The molecule has 1 unspecified atom stereocenters. The maximum atomic E-state index is 9.97. The Hall–Kier alpha value is -1.12. The fourth-order valence-electron chi connectivity index (χ4n) is 2.59. The predicted molar refractivity (Wildman–Crippen MR) is 76.4 cm³/mol. The van der Waals surface area contributed by atoms with Gasteiger partial charge in [-0.1, -0.05) is 42.0 Å². The number of aliphatic hydroxyl groups is 1. The van der Waals surface area contributed by atoms with Crippen molar-refractivity contribution in [3.8, 4) is 0 Å². The molecule has 2 heteroatoms. The van der Waals surface area contributed by atoms with Gasteiger partial charge < -0.3 is 5.11 Å². The third-order valence-corrected chi connectivity index (χ3v) is 3.96. The lowest BCUT2D eigenvalue weighted by Crippen LogP contribution is -2.45. The van der Waals surface area contributed by atoms with E-state index < -0.39 is 0 Å². The summed E-state index contributed by atoms with van der Waals surface area (Å²) in [4.78, 5) is 2.37. The Labute approximate surface area is 110 Å². The Morgan fingerprint density at radius 3 is 2.61 bits per heavy atom. The molecule has 1 aromatic rings. The van der Waals surface area contributed by atoms with Crippen LogP contribution in [0.1, 0.15) is 32.8 Å². The summed E-state index contributed by atoms with van der Waals surface area (Å²) in [7, 11) is 0. The highest BCUT2D eigenvalue weighted by atomic mass is 16.3. The minimum atomic E-state index is -0.206. The van der Waals surface area contributed by atoms with E-state index in [4.69, 9.17) is 0 Å². The lowest BCUT2D eigenvalue weighted by Gasteiger charge is -2.34. The average molecular weight is 245 g/mol. The molecule has 1 fully saturated rings. The molecule has 1 saturated heterocycles. The molecule has 0 aromatic heterocycles. The zero-order valence-electron chi connectivity index (χ0n) is 11.6. The first kappa shape index (κ1) is 13.3. The number of benzene rings is 1. The van der Waals surface area contributed by atoms with Gasteiger partial charge in [0.1, 0.15) is 0 Å². The highest BCUT2D eigenvalue weighted by molar-refractivity contribution is 5.52. The van der Waals surface area contributed by atoms with E-state index in [1.165, 1.54) is 11.1 Å². The highest BCUT2D eigenvalue weighted by Gasteiger charge is 2.39. The van der Waals surface area contributed by atoms with Gasteiger partial charge in [-0.05, 0) is 32.8 Å². The van der Waals surface area contributed by atoms with Crippen LogP contribution in [-0.2, 0) is 0 Å². The molecule has 1 aliphatic rings. The predicted octanol–water partition coefficient (Wildman–Crippen LogP) is 2.94. The van der Waals surface area contributed by atoms with Gasteiger partial charge >= 0.3 is 0 Å². The summed E-state index contributed by atoms with van der Waals surface area (Å²) in [5, 5.41) is 9.97. The molecule has 98 valence electrons. The Morgan fingerprint density at radius 2 is 2.06 bits per heavy atom. The zero-order valence-corrected chi connectivity index (χ0v) is 11.6. The summed E-state index contributed by atoms with van der Waals surface area (Å²) in [5.74, 6) is 0. The molecule has 1 N–H and O–H groups in total. The summed E-state index contributed by atoms with van der Waals surface area (Å²) in [6.45, 7) is 8.32. The first-order valence-corrected chi connectivity index (χ1v) is 6.65. The van der Waals surface area contributed by atoms with Crippen molar-refractivity contribution in [1.82, 2.24) is 4.90 Å². The van der Waals surface area contributed by atoms with Crippen molar-refractivity contribution in [1.29, 1.82) is 0 Å². The minimum absolute atomic E-state index is 0.105. The number of aliphatic hydroxyl groups excluding tert-OH is 1. The Bertz CT molecular complexity index is 422. The SMILES string of the molecule is C/C(=C\c1ccccc1)CN1CCC(O)C1(C)C. The molecule has 1 heterocycles. The molecule has 0 amide bonds. The monoisotopic (exact) mass is 245 g/mol. The van der Waals surface area contributed by atoms with E-state index in [0.717, 1.165) is 19.5 Å². The summed E-state index contributed by atoms with van der Waals surface area (Å²) in [6.07, 6.45) is 2.90. The van der Waals surface area contributed by atoms with Crippen LogP contribution >= 0.6 is 0 Å². The zero-order chi connectivity index (χ0) is 13.2. The van der Waals surface area contributed by atoms with Crippen molar-refractivity contribution in [3.63, 3.8) is 0 Å². The molecule has 1 aromatic carbocycles. The second kappa shape index (κ2) is 5.25. The van der Waals surface area contributed by atoms with Crippen LogP contribution in [0.3, 0.4) is 0 Å². The molecule has 18 heavy (non-hydrogen) atoms. The smallest absolute Gasteiger partial charge is 0.0730 e. The lowest BCUT2D eigenvalue weighted by molar-refractivity contribution is 0.0597. The number of hydrogen-bond donors (Lipinski definition) is 1. The van der Waals surface area contributed by atoms with Crippen LogP contribution in [0.15, 0.2) is 35.9 Å². The molecule has 0 spiro atoms. The first-order chi connectivity index (χ1) is 8.50. The van der Waals surface area contributed by atoms with Gasteiger partial charge in [-0.2, -0.15) is 0 Å². The Kier molecular flexibility index (Phi) is 3.88. The molecule has 1 aliphatic heterocycles. The van der Waals surface area contributed by atoms with Crippen LogP contribution in [0.2, 0.25) is 0 Å². The molecule has 0 bridgehead atoms. The van der Waals surface area contributed by atoms with E-state index in [9.17, 15) is 5.11 Å². The minimum Gasteiger partial charge on any atom is -0.391 e. The number of nitrogens with zero attached hydrogens (tertiary/aromatic N) is 1. The van der Waals surface area contributed by atoms with E-state index in [2.05, 4.69) is 56.0 Å². The topological polar surface area (TPSA) is 23.5 Å². The van der Waals surface area contributed by atoms with E-state index in [-0.39, 0.29) is 11.6 Å². The molecular weight excluding hydrogens is 222 g/mol. The van der Waals surface area contributed by atoms with Crippen LogP contribution in [0.25, 0.3) is 6.08 Å². The Morgan fingerprint density at radius 1 is 1.39 bits per heavy atom. The van der Waals surface area contributed by atoms with Gasteiger partial charge in [-0.15, -0.1) is 0 Å². The van der Waals surface area contributed by atoms with Gasteiger partial charge in [0.15, 0.2) is 0 Å². The van der Waals surface area contributed by atoms with Gasteiger partial charge in [-0.25, -0.2) is 0 Å². The van der Waals surface area contributed by atoms with Gasteiger partial charge in [-0.3, -0.25) is 4.90 Å². The van der Waals surface area contributed by atoms with Crippen LogP contribution in [0.5, 0.6) is 0 Å². The number of hydrogen-bond acceptors (Lipinski definition) is 2. The number of rotatable bonds is 3. The van der Waals surface area contributed by atoms with E-state index in [1.54, 1.807) is 0 Å². The number of likely N-dealkylation sites (tertiary alicyclic amines) is 1. The second-order valence-electron chi connectivity index (χ2n) is 5.78. The van der Waals surface area contributed by atoms with Gasteiger partial charge in [0, 0.05) is 18.6 Å². The Balaban J connectivity index is 2.04. The third kappa shape index (κ3) is 2.82. The molecule has 1 atom stereocenters. The highest BCUT2D eigenvalue weighted by Crippen LogP contribution is 2.29. The van der Waals surface area contributed by atoms with Crippen molar-refractivity contribution >= 4 is 6.08 Å². The van der Waals surface area contributed by atoms with Crippen molar-refractivity contribution in [2.45, 2.75) is 38.8 Å². The van der Waals surface area contributed by atoms with Crippen LogP contribution in [0, 0.1) is 0 Å². The lowest BCUT2D eigenvalue weighted by atomic mass is 9.98. The fourth-order valence-corrected chi connectivity index (χ4v) is 2.59. The molecule has 0 radical (unpaired) electrons. The largest absolute Gasteiger partial charge is 0.391 e. The second-order valence-corrected chi connectivity index (χ2v) is 5.78.